The molecule has 0 bridgehead atoms. The van der Waals surface area contributed by atoms with Crippen LogP contribution in [0.5, 0.6) is 0 Å². The van der Waals surface area contributed by atoms with Gasteiger partial charge in [0, 0.05) is 5.56 Å². The van der Waals surface area contributed by atoms with Gasteiger partial charge in [-0.1, -0.05) is 12.1 Å². The number of carbonyl (C=O) groups is 2. The summed E-state index contributed by atoms with van der Waals surface area (Å²) in [5.41, 5.74) is 8.16. The Bertz CT molecular complexity index is 1300. The van der Waals surface area contributed by atoms with Gasteiger partial charge in [0.15, 0.2) is 5.17 Å². The normalized spacial score (nSPS) is 17.5. The minimum Gasteiger partial charge on any atom is -0.465 e. The number of aliphatic imine (C=N–C) groups is 1. The second-order valence-electron chi connectivity index (χ2n) is 7.82. The first-order chi connectivity index (χ1) is 16.2. The van der Waals surface area contributed by atoms with Gasteiger partial charge in [-0.2, -0.15) is 5.26 Å². The number of esters is 2. The quantitative estimate of drug-likeness (QED) is 0.632. The van der Waals surface area contributed by atoms with Crippen molar-refractivity contribution in [3.8, 4) is 17.4 Å². The lowest BCUT2D eigenvalue weighted by molar-refractivity contribution is -0.143. The van der Waals surface area contributed by atoms with Crippen molar-refractivity contribution in [2.24, 2.45) is 10.7 Å². The third-order valence-electron chi connectivity index (χ3n) is 5.23. The average Bonchev–Trinajstić information content (AvgIpc) is 3.42. The molecule has 0 unspecified atom stereocenters. The summed E-state index contributed by atoms with van der Waals surface area (Å²) in [6.45, 7) is 5.24. The van der Waals surface area contributed by atoms with Crippen LogP contribution >= 0.6 is 11.8 Å². The number of carbonyl (C=O) groups excluding carboxylic acids is 2. The van der Waals surface area contributed by atoms with Crippen LogP contribution in [0.3, 0.4) is 0 Å². The third-order valence-corrected chi connectivity index (χ3v) is 6.20. The number of hydrogen-bond acceptors (Lipinski definition) is 10. The highest BCUT2D eigenvalue weighted by Crippen LogP contribution is 2.46. The Balaban J connectivity index is 1.77. The number of nitrogens with two attached hydrogens (primary N) is 1. The van der Waals surface area contributed by atoms with Crippen molar-refractivity contribution in [1.29, 1.82) is 5.26 Å². The summed E-state index contributed by atoms with van der Waals surface area (Å²) < 4.78 is 16.4. The summed E-state index contributed by atoms with van der Waals surface area (Å²) in [6.07, 6.45) is -0.338. The number of fused-ring (bicyclic) bond motifs is 1. The van der Waals surface area contributed by atoms with Crippen LogP contribution in [-0.2, 0) is 14.3 Å². The summed E-state index contributed by atoms with van der Waals surface area (Å²) in [7, 11) is 1.32. The fourth-order valence-electron chi connectivity index (χ4n) is 3.69. The number of hydrogen-bond donors (Lipinski definition) is 1. The lowest BCUT2D eigenvalue weighted by Crippen LogP contribution is -2.38. The number of methoxy groups -OCH3 is 1. The number of benzene rings is 1. The molecule has 2 N–H and O–H groups in total. The van der Waals surface area contributed by atoms with Gasteiger partial charge in [-0.25, -0.2) is 14.6 Å². The highest BCUT2D eigenvalue weighted by Gasteiger charge is 2.44. The number of furan rings is 1. The van der Waals surface area contributed by atoms with E-state index in [1.54, 1.807) is 62.1 Å². The maximum Gasteiger partial charge on any atom is 0.338 e. The molecule has 34 heavy (non-hydrogen) atoms. The Kier molecular flexibility index (Phi) is 6.22. The number of thioether (sulfide) groups is 1. The zero-order valence-electron chi connectivity index (χ0n) is 19.0. The monoisotopic (exact) mass is 478 g/mol. The molecule has 0 amide bonds. The van der Waals surface area contributed by atoms with Crippen LogP contribution in [0.1, 0.15) is 42.9 Å². The fourth-order valence-corrected chi connectivity index (χ4v) is 4.61. The Morgan fingerprint density at radius 3 is 2.53 bits per heavy atom. The molecule has 2 aliphatic rings. The summed E-state index contributed by atoms with van der Waals surface area (Å²) in [5, 5.41) is 9.96. The number of nitrogens with zero attached hydrogens (tertiary/aromatic N) is 3. The molecule has 174 valence electrons. The van der Waals surface area contributed by atoms with Crippen LogP contribution in [0.2, 0.25) is 0 Å². The Morgan fingerprint density at radius 1 is 1.21 bits per heavy atom. The minimum absolute atomic E-state index is 0.193. The zero-order chi connectivity index (χ0) is 24.6. The van der Waals surface area contributed by atoms with Crippen LogP contribution in [0.25, 0.3) is 11.3 Å². The molecule has 1 aromatic carbocycles. The summed E-state index contributed by atoms with van der Waals surface area (Å²) in [5.74, 6) is 0.177. The van der Waals surface area contributed by atoms with Crippen LogP contribution in [0, 0.1) is 11.3 Å². The predicted molar refractivity (Wildman–Crippen MR) is 126 cm³/mol. The maximum absolute atomic E-state index is 13.1. The molecule has 0 radical (unpaired) electrons. The van der Waals surface area contributed by atoms with E-state index in [1.165, 1.54) is 7.11 Å². The molecule has 0 aliphatic carbocycles. The van der Waals surface area contributed by atoms with Crippen LogP contribution < -0.4 is 5.73 Å². The van der Waals surface area contributed by atoms with E-state index >= 15 is 0 Å². The van der Waals surface area contributed by atoms with Gasteiger partial charge in [0.1, 0.15) is 34.4 Å². The van der Waals surface area contributed by atoms with E-state index in [-0.39, 0.29) is 17.5 Å². The first kappa shape index (κ1) is 23.2. The molecule has 10 heteroatoms. The second kappa shape index (κ2) is 9.11. The molecular formula is C24H22N4O5S. The largest absolute Gasteiger partial charge is 0.465 e. The lowest BCUT2D eigenvalue weighted by Gasteiger charge is -2.33. The van der Waals surface area contributed by atoms with Crippen molar-refractivity contribution in [3.05, 3.63) is 69.7 Å². The van der Waals surface area contributed by atoms with E-state index in [0.29, 0.717) is 32.9 Å². The molecule has 9 nitrogen and oxygen atoms in total. The first-order valence-corrected chi connectivity index (χ1v) is 11.2. The zero-order valence-corrected chi connectivity index (χ0v) is 19.8. The molecule has 0 saturated carbocycles. The Morgan fingerprint density at radius 2 is 1.91 bits per heavy atom. The van der Waals surface area contributed by atoms with Crippen LogP contribution in [-0.4, -0.2) is 35.2 Å². The van der Waals surface area contributed by atoms with Crippen molar-refractivity contribution < 1.29 is 23.5 Å². The van der Waals surface area contributed by atoms with E-state index in [4.69, 9.17) is 19.6 Å². The predicted octanol–water partition coefficient (Wildman–Crippen LogP) is 4.07. The summed E-state index contributed by atoms with van der Waals surface area (Å²) in [6, 6.07) is 11.6. The van der Waals surface area contributed by atoms with Gasteiger partial charge in [0.2, 0.25) is 0 Å². The molecule has 0 spiro atoms. The standard InChI is InChI=1S/C24H22N4O5S/c1-12(2)32-23(30)19-13(3)27-24-28(21(26)18(11-25)34-24)20(19)17-10-9-16(33-17)14-5-7-15(8-6-14)22(29)31-4/h5-10,12,20H,26H2,1-4H3/t20-/m0/s1. The van der Waals surface area contributed by atoms with E-state index in [0.717, 1.165) is 17.3 Å². The highest BCUT2D eigenvalue weighted by atomic mass is 32.2. The van der Waals surface area contributed by atoms with Crippen molar-refractivity contribution >= 4 is 28.9 Å². The Labute approximate surface area is 200 Å². The SMILES string of the molecule is COC(=O)c1ccc(-c2ccc([C@H]3C(C(=O)OC(C)C)=C(C)N=C4SC(C#N)=C(N)N43)o2)cc1. The Hall–Kier alpha value is -3.97. The van der Waals surface area contributed by atoms with E-state index in [9.17, 15) is 14.9 Å². The molecular weight excluding hydrogens is 456 g/mol. The molecule has 3 heterocycles. The lowest BCUT2D eigenvalue weighted by atomic mass is 9.99. The van der Waals surface area contributed by atoms with Gasteiger partial charge >= 0.3 is 11.9 Å². The smallest absolute Gasteiger partial charge is 0.338 e. The molecule has 0 saturated heterocycles. The molecule has 1 atom stereocenters. The van der Waals surface area contributed by atoms with E-state index < -0.39 is 18.0 Å². The number of amidine groups is 1. The van der Waals surface area contributed by atoms with Gasteiger partial charge in [0.05, 0.1) is 30.0 Å². The number of ether oxygens (including phenoxy) is 2. The summed E-state index contributed by atoms with van der Waals surface area (Å²) >= 11 is 1.14. The first-order valence-electron chi connectivity index (χ1n) is 10.4. The number of nitriles is 1. The van der Waals surface area contributed by atoms with Gasteiger partial charge in [-0.15, -0.1) is 0 Å². The summed E-state index contributed by atoms with van der Waals surface area (Å²) in [4.78, 5) is 31.2. The van der Waals surface area contributed by atoms with Crippen LogP contribution in [0.15, 0.2) is 67.8 Å². The fraction of sp³-hybridized carbons (Fsp3) is 0.250. The second-order valence-corrected chi connectivity index (χ2v) is 8.80. The topological polar surface area (TPSA) is 131 Å². The molecule has 2 aliphatic heterocycles. The number of allylic oxidation sites excluding steroid dienone is 2. The maximum atomic E-state index is 13.1. The van der Waals surface area contributed by atoms with Crippen molar-refractivity contribution in [1.82, 2.24) is 4.90 Å². The molecule has 4 rings (SSSR count). The van der Waals surface area contributed by atoms with Crippen molar-refractivity contribution in [2.75, 3.05) is 7.11 Å². The third kappa shape index (κ3) is 4.06. The molecule has 1 aromatic heterocycles. The molecule has 2 aromatic rings. The van der Waals surface area contributed by atoms with Gasteiger partial charge in [-0.3, -0.25) is 4.90 Å². The molecule has 0 fully saturated rings. The van der Waals surface area contributed by atoms with Gasteiger partial charge in [0.25, 0.3) is 0 Å². The number of rotatable bonds is 5. The minimum atomic E-state index is -0.764. The highest BCUT2D eigenvalue weighted by molar-refractivity contribution is 8.17. The van der Waals surface area contributed by atoms with Crippen molar-refractivity contribution in [3.63, 3.8) is 0 Å². The van der Waals surface area contributed by atoms with Gasteiger partial charge in [-0.05, 0) is 56.8 Å². The van der Waals surface area contributed by atoms with Gasteiger partial charge < -0.3 is 19.6 Å². The van der Waals surface area contributed by atoms with E-state index in [2.05, 4.69) is 11.1 Å². The average molecular weight is 479 g/mol. The van der Waals surface area contributed by atoms with E-state index in [1.807, 2.05) is 0 Å². The van der Waals surface area contributed by atoms with Crippen LogP contribution in [0.4, 0.5) is 0 Å². The van der Waals surface area contributed by atoms with Crippen molar-refractivity contribution in [2.45, 2.75) is 32.9 Å².